The monoisotopic (exact) mass is 267 g/mol. The van der Waals surface area contributed by atoms with Gasteiger partial charge in [-0.15, -0.1) is 0 Å². The molecule has 0 aromatic heterocycles. The quantitative estimate of drug-likeness (QED) is 0.791. The van der Waals surface area contributed by atoms with Gasteiger partial charge in [0.2, 0.25) is 5.91 Å². The second kappa shape index (κ2) is 8.16. The number of hydrogen-bond acceptors (Lipinski definition) is 3. The molecule has 0 saturated carbocycles. The van der Waals surface area contributed by atoms with Gasteiger partial charge in [-0.3, -0.25) is 4.79 Å². The number of carbonyl (C=O) groups is 1. The van der Waals surface area contributed by atoms with E-state index < -0.39 is 0 Å². The first-order chi connectivity index (χ1) is 8.67. The van der Waals surface area contributed by atoms with E-state index in [0.717, 1.165) is 16.9 Å². The molecule has 1 unspecified atom stereocenters. The molecule has 0 aliphatic heterocycles. The highest BCUT2D eigenvalue weighted by atomic mass is 32.2. The number of hydrogen-bond donors (Lipinski definition) is 2. The Bertz CT molecular complexity index is 376. The molecule has 0 radical (unpaired) electrons. The molecule has 1 aromatic rings. The van der Waals surface area contributed by atoms with Crippen LogP contribution < -0.4 is 5.32 Å². The van der Waals surface area contributed by atoms with E-state index in [1.54, 1.807) is 11.8 Å². The predicted molar refractivity (Wildman–Crippen MR) is 76.9 cm³/mol. The zero-order valence-electron chi connectivity index (χ0n) is 11.0. The molecule has 2 N–H and O–H groups in total. The van der Waals surface area contributed by atoms with Crippen molar-refractivity contribution in [3.63, 3.8) is 0 Å². The third-order valence-corrected chi connectivity index (χ3v) is 3.56. The third kappa shape index (κ3) is 5.10. The van der Waals surface area contributed by atoms with Crippen molar-refractivity contribution in [2.45, 2.75) is 25.8 Å². The normalized spacial score (nSPS) is 12.2. The molecule has 4 heteroatoms. The summed E-state index contributed by atoms with van der Waals surface area (Å²) in [4.78, 5) is 11.9. The molecule has 3 nitrogen and oxygen atoms in total. The number of nitrogens with one attached hydrogen (secondary N) is 1. The van der Waals surface area contributed by atoms with Gasteiger partial charge in [0.15, 0.2) is 0 Å². The minimum absolute atomic E-state index is 0.0248. The Morgan fingerprint density at radius 3 is 2.78 bits per heavy atom. The Kier molecular flexibility index (Phi) is 6.83. The van der Waals surface area contributed by atoms with Gasteiger partial charge in [0.05, 0.1) is 6.42 Å². The lowest BCUT2D eigenvalue weighted by Crippen LogP contribution is -2.38. The summed E-state index contributed by atoms with van der Waals surface area (Å²) in [6.07, 6.45) is 3.02. The SMILES string of the molecule is CSCC(CCO)NC(=O)Cc1ccccc1C. The molecule has 0 saturated heterocycles. The third-order valence-electron chi connectivity index (χ3n) is 2.82. The number of thioether (sulfide) groups is 1. The summed E-state index contributed by atoms with van der Waals surface area (Å²) in [7, 11) is 0. The summed E-state index contributed by atoms with van der Waals surface area (Å²) >= 11 is 1.68. The molecule has 0 spiro atoms. The van der Waals surface area contributed by atoms with Crippen LogP contribution in [0.5, 0.6) is 0 Å². The highest BCUT2D eigenvalue weighted by Crippen LogP contribution is 2.08. The van der Waals surface area contributed by atoms with E-state index in [9.17, 15) is 4.79 Å². The molecular formula is C14H21NO2S. The van der Waals surface area contributed by atoms with Gasteiger partial charge in [0.1, 0.15) is 0 Å². The molecule has 0 bridgehead atoms. The van der Waals surface area contributed by atoms with Crippen LogP contribution in [0.3, 0.4) is 0 Å². The Labute approximate surface area is 113 Å². The lowest BCUT2D eigenvalue weighted by molar-refractivity contribution is -0.121. The fourth-order valence-corrected chi connectivity index (χ4v) is 2.47. The van der Waals surface area contributed by atoms with Crippen LogP contribution in [0.25, 0.3) is 0 Å². The molecule has 0 aliphatic carbocycles. The van der Waals surface area contributed by atoms with Crippen LogP contribution in [-0.2, 0) is 11.2 Å². The van der Waals surface area contributed by atoms with E-state index in [4.69, 9.17) is 5.11 Å². The summed E-state index contributed by atoms with van der Waals surface area (Å²) in [6, 6.07) is 7.96. The van der Waals surface area contributed by atoms with Gasteiger partial charge < -0.3 is 10.4 Å². The number of aryl methyl sites for hydroxylation is 1. The second-order valence-electron chi connectivity index (χ2n) is 4.34. The minimum Gasteiger partial charge on any atom is -0.396 e. The van der Waals surface area contributed by atoms with Gasteiger partial charge >= 0.3 is 0 Å². The molecule has 0 aliphatic rings. The second-order valence-corrected chi connectivity index (χ2v) is 5.25. The van der Waals surface area contributed by atoms with Crippen LogP contribution in [-0.4, -0.2) is 35.7 Å². The average molecular weight is 267 g/mol. The van der Waals surface area contributed by atoms with Crippen molar-refractivity contribution in [3.8, 4) is 0 Å². The highest BCUT2D eigenvalue weighted by Gasteiger charge is 2.12. The zero-order valence-corrected chi connectivity index (χ0v) is 11.8. The number of rotatable bonds is 7. The van der Waals surface area contributed by atoms with Crippen molar-refractivity contribution in [1.29, 1.82) is 0 Å². The van der Waals surface area contributed by atoms with E-state index >= 15 is 0 Å². The van der Waals surface area contributed by atoms with Crippen molar-refractivity contribution >= 4 is 17.7 Å². The lowest BCUT2D eigenvalue weighted by atomic mass is 10.1. The minimum atomic E-state index is 0.0248. The van der Waals surface area contributed by atoms with E-state index in [0.29, 0.717) is 12.8 Å². The summed E-state index contributed by atoms with van der Waals surface area (Å²) in [5.41, 5.74) is 2.19. The zero-order chi connectivity index (χ0) is 13.4. The van der Waals surface area contributed by atoms with Gasteiger partial charge in [-0.05, 0) is 30.7 Å². The van der Waals surface area contributed by atoms with Crippen LogP contribution in [0.1, 0.15) is 17.5 Å². The fourth-order valence-electron chi connectivity index (χ4n) is 1.81. The summed E-state index contributed by atoms with van der Waals surface area (Å²) in [5.74, 6) is 0.858. The van der Waals surface area contributed by atoms with Crippen LogP contribution in [0, 0.1) is 6.92 Å². The maximum atomic E-state index is 11.9. The van der Waals surface area contributed by atoms with Crippen molar-refractivity contribution in [1.82, 2.24) is 5.32 Å². The first-order valence-corrected chi connectivity index (χ1v) is 7.50. The van der Waals surface area contributed by atoms with Crippen LogP contribution >= 0.6 is 11.8 Å². The van der Waals surface area contributed by atoms with Crippen LogP contribution in [0.4, 0.5) is 0 Å². The Morgan fingerprint density at radius 2 is 2.17 bits per heavy atom. The number of aliphatic hydroxyl groups excluding tert-OH is 1. The predicted octanol–water partition coefficient (Wildman–Crippen LogP) is 1.77. The maximum Gasteiger partial charge on any atom is 0.224 e. The standard InChI is InChI=1S/C14H21NO2S/c1-11-5-3-4-6-12(11)9-14(17)15-13(7-8-16)10-18-2/h3-6,13,16H,7-10H2,1-2H3,(H,15,17). The van der Waals surface area contributed by atoms with Gasteiger partial charge in [0.25, 0.3) is 0 Å². The maximum absolute atomic E-state index is 11.9. The molecule has 0 fully saturated rings. The average Bonchev–Trinajstić information content (AvgIpc) is 2.33. The topological polar surface area (TPSA) is 49.3 Å². The number of benzene rings is 1. The van der Waals surface area contributed by atoms with Crippen LogP contribution in [0.15, 0.2) is 24.3 Å². The van der Waals surface area contributed by atoms with E-state index in [-0.39, 0.29) is 18.6 Å². The van der Waals surface area contributed by atoms with E-state index in [1.165, 1.54) is 0 Å². The Morgan fingerprint density at radius 1 is 1.44 bits per heavy atom. The number of aliphatic hydroxyl groups is 1. The van der Waals surface area contributed by atoms with Gasteiger partial charge in [0, 0.05) is 18.4 Å². The molecule has 1 atom stereocenters. The van der Waals surface area contributed by atoms with E-state index in [2.05, 4.69) is 5.32 Å². The molecule has 1 aromatic carbocycles. The Balaban J connectivity index is 2.52. The van der Waals surface area contributed by atoms with Crippen molar-refractivity contribution in [2.75, 3.05) is 18.6 Å². The number of amides is 1. The van der Waals surface area contributed by atoms with E-state index in [1.807, 2.05) is 37.4 Å². The number of carbonyl (C=O) groups excluding carboxylic acids is 1. The van der Waals surface area contributed by atoms with Gasteiger partial charge in [-0.2, -0.15) is 11.8 Å². The molecule has 0 heterocycles. The Hall–Kier alpha value is -1.00. The smallest absolute Gasteiger partial charge is 0.224 e. The summed E-state index contributed by atoms with van der Waals surface area (Å²) in [5, 5.41) is 11.9. The summed E-state index contributed by atoms with van der Waals surface area (Å²) in [6.45, 7) is 2.12. The molecular weight excluding hydrogens is 246 g/mol. The van der Waals surface area contributed by atoms with Gasteiger partial charge in [-0.1, -0.05) is 24.3 Å². The molecule has 100 valence electrons. The summed E-state index contributed by atoms with van der Waals surface area (Å²) < 4.78 is 0. The van der Waals surface area contributed by atoms with Crippen molar-refractivity contribution in [3.05, 3.63) is 35.4 Å². The molecule has 1 amide bonds. The fraction of sp³-hybridized carbons (Fsp3) is 0.500. The highest BCUT2D eigenvalue weighted by molar-refractivity contribution is 7.98. The van der Waals surface area contributed by atoms with Gasteiger partial charge in [-0.25, -0.2) is 0 Å². The lowest BCUT2D eigenvalue weighted by Gasteiger charge is -2.17. The first-order valence-electron chi connectivity index (χ1n) is 6.11. The molecule has 18 heavy (non-hydrogen) atoms. The van der Waals surface area contributed by atoms with Crippen molar-refractivity contribution in [2.24, 2.45) is 0 Å². The van der Waals surface area contributed by atoms with Crippen LogP contribution in [0.2, 0.25) is 0 Å². The largest absolute Gasteiger partial charge is 0.396 e. The first kappa shape index (κ1) is 15.1. The molecule has 1 rings (SSSR count). The van der Waals surface area contributed by atoms with Crippen molar-refractivity contribution < 1.29 is 9.90 Å².